The predicted molar refractivity (Wildman–Crippen MR) is 101 cm³/mol. The minimum atomic E-state index is -0.417. The first-order valence-electron chi connectivity index (χ1n) is 8.22. The number of benzene rings is 2. The lowest BCUT2D eigenvalue weighted by Gasteiger charge is -2.10. The number of hydrogen-bond donors (Lipinski definition) is 0. The number of hydrogen-bond acceptors (Lipinski definition) is 6. The van der Waals surface area contributed by atoms with Crippen molar-refractivity contribution >= 4 is 16.6 Å². The largest absolute Gasteiger partial charge is 0.438 e. The van der Waals surface area contributed by atoms with Crippen LogP contribution in [0.1, 0.15) is 5.56 Å². The molecule has 0 amide bonds. The Labute approximate surface area is 154 Å². The molecule has 0 bridgehead atoms. The van der Waals surface area contributed by atoms with Gasteiger partial charge in [0.15, 0.2) is 5.82 Å². The van der Waals surface area contributed by atoms with E-state index in [1.165, 1.54) is 6.07 Å². The smallest absolute Gasteiger partial charge is 0.272 e. The Bertz CT molecular complexity index is 1150. The van der Waals surface area contributed by atoms with Gasteiger partial charge in [0, 0.05) is 29.6 Å². The first kappa shape index (κ1) is 16.6. The Morgan fingerprint density at radius 1 is 1.04 bits per heavy atom. The minimum absolute atomic E-state index is 0.0472. The van der Waals surface area contributed by atoms with E-state index in [0.717, 1.165) is 16.5 Å². The van der Waals surface area contributed by atoms with Gasteiger partial charge in [-0.1, -0.05) is 12.1 Å². The summed E-state index contributed by atoms with van der Waals surface area (Å²) in [7, 11) is 0. The molecule has 7 heteroatoms. The summed E-state index contributed by atoms with van der Waals surface area (Å²) in [5.41, 5.74) is 2.07. The highest BCUT2D eigenvalue weighted by Gasteiger charge is 2.14. The Hall–Kier alpha value is -3.87. The second-order valence-electron chi connectivity index (χ2n) is 5.92. The van der Waals surface area contributed by atoms with Gasteiger partial charge in [-0.15, -0.1) is 0 Å². The van der Waals surface area contributed by atoms with Crippen molar-refractivity contribution in [3.63, 3.8) is 0 Å². The van der Waals surface area contributed by atoms with Crippen molar-refractivity contribution in [2.45, 2.75) is 6.92 Å². The highest BCUT2D eigenvalue weighted by Crippen LogP contribution is 2.31. The summed E-state index contributed by atoms with van der Waals surface area (Å²) in [6.07, 6.45) is 3.37. The summed E-state index contributed by atoms with van der Waals surface area (Å²) >= 11 is 0. The standard InChI is InChI=1S/C20H14N4O3/c1-13-11-15(8-9-18(13)24(25)26)27-20-16-6-2-3-7-17(16)22-19(23-20)14-5-4-10-21-12-14/h2-12H,1H3. The molecule has 4 aromatic rings. The van der Waals surface area contributed by atoms with Crippen LogP contribution in [0.5, 0.6) is 11.6 Å². The average molecular weight is 358 g/mol. The van der Waals surface area contributed by atoms with Crippen molar-refractivity contribution in [2.75, 3.05) is 0 Å². The molecule has 132 valence electrons. The van der Waals surface area contributed by atoms with E-state index in [-0.39, 0.29) is 5.69 Å². The summed E-state index contributed by atoms with van der Waals surface area (Å²) in [4.78, 5) is 23.8. The molecule has 0 aliphatic heterocycles. The van der Waals surface area contributed by atoms with E-state index in [0.29, 0.717) is 23.0 Å². The molecule has 0 unspecified atom stereocenters. The van der Waals surface area contributed by atoms with E-state index in [9.17, 15) is 10.1 Å². The molecule has 0 aliphatic carbocycles. The Balaban J connectivity index is 1.81. The normalized spacial score (nSPS) is 10.7. The van der Waals surface area contributed by atoms with Crippen LogP contribution in [0.25, 0.3) is 22.3 Å². The third kappa shape index (κ3) is 3.30. The fourth-order valence-corrected chi connectivity index (χ4v) is 2.76. The van der Waals surface area contributed by atoms with Crippen LogP contribution in [-0.2, 0) is 0 Å². The summed E-state index contributed by atoms with van der Waals surface area (Å²) in [6, 6.07) is 15.8. The molecule has 0 fully saturated rings. The lowest BCUT2D eigenvalue weighted by molar-refractivity contribution is -0.385. The molecule has 2 aromatic carbocycles. The number of nitro groups is 1. The SMILES string of the molecule is Cc1cc(Oc2nc(-c3cccnc3)nc3ccccc23)ccc1[N+](=O)[O-]. The molecule has 0 saturated carbocycles. The van der Waals surface area contributed by atoms with Crippen LogP contribution >= 0.6 is 0 Å². The maximum Gasteiger partial charge on any atom is 0.272 e. The van der Waals surface area contributed by atoms with Crippen molar-refractivity contribution in [1.82, 2.24) is 15.0 Å². The van der Waals surface area contributed by atoms with E-state index in [4.69, 9.17) is 4.74 Å². The molecule has 0 aliphatic rings. The molecule has 0 N–H and O–H groups in total. The number of nitro benzene ring substituents is 1. The molecule has 4 rings (SSSR count). The summed E-state index contributed by atoms with van der Waals surface area (Å²) in [5.74, 6) is 1.35. The van der Waals surface area contributed by atoms with Gasteiger partial charge in [-0.3, -0.25) is 15.1 Å². The van der Waals surface area contributed by atoms with Gasteiger partial charge in [0.25, 0.3) is 5.69 Å². The van der Waals surface area contributed by atoms with Crippen molar-refractivity contribution in [3.8, 4) is 23.0 Å². The fraction of sp³-hybridized carbons (Fsp3) is 0.0500. The number of aromatic nitrogens is 3. The first-order valence-corrected chi connectivity index (χ1v) is 8.22. The van der Waals surface area contributed by atoms with Crippen LogP contribution in [0.3, 0.4) is 0 Å². The number of para-hydroxylation sites is 1. The van der Waals surface area contributed by atoms with Crippen molar-refractivity contribution in [2.24, 2.45) is 0 Å². The van der Waals surface area contributed by atoms with E-state index in [1.807, 2.05) is 36.4 Å². The highest BCUT2D eigenvalue weighted by molar-refractivity contribution is 5.85. The maximum absolute atomic E-state index is 11.0. The number of pyridine rings is 1. The van der Waals surface area contributed by atoms with Gasteiger partial charge in [-0.25, -0.2) is 4.98 Å². The Kier molecular flexibility index (Phi) is 4.18. The predicted octanol–water partition coefficient (Wildman–Crippen LogP) is 4.70. The maximum atomic E-state index is 11.0. The fourth-order valence-electron chi connectivity index (χ4n) is 2.76. The number of aryl methyl sites for hydroxylation is 1. The van der Waals surface area contributed by atoms with Crippen LogP contribution in [0.15, 0.2) is 67.0 Å². The molecule has 2 heterocycles. The number of fused-ring (bicyclic) bond motifs is 1. The average Bonchev–Trinajstić information content (AvgIpc) is 2.68. The van der Waals surface area contributed by atoms with Gasteiger partial charge in [0.2, 0.25) is 5.88 Å². The van der Waals surface area contributed by atoms with Crippen LogP contribution in [0.4, 0.5) is 5.69 Å². The molecule has 0 spiro atoms. The zero-order chi connectivity index (χ0) is 18.8. The summed E-state index contributed by atoms with van der Waals surface area (Å²) < 4.78 is 5.98. The molecular formula is C20H14N4O3. The molecule has 0 saturated heterocycles. The number of ether oxygens (including phenoxy) is 1. The molecule has 2 aromatic heterocycles. The van der Waals surface area contributed by atoms with E-state index in [2.05, 4.69) is 15.0 Å². The van der Waals surface area contributed by atoms with Gasteiger partial charge in [-0.2, -0.15) is 4.98 Å². The number of rotatable bonds is 4. The topological polar surface area (TPSA) is 91.0 Å². The van der Waals surface area contributed by atoms with Gasteiger partial charge in [-0.05, 0) is 43.3 Å². The number of nitrogens with zero attached hydrogens (tertiary/aromatic N) is 4. The van der Waals surface area contributed by atoms with Crippen LogP contribution < -0.4 is 4.74 Å². The van der Waals surface area contributed by atoms with Gasteiger partial charge in [0.05, 0.1) is 15.8 Å². The van der Waals surface area contributed by atoms with Gasteiger partial charge in [0.1, 0.15) is 5.75 Å². The van der Waals surface area contributed by atoms with Gasteiger partial charge < -0.3 is 4.74 Å². The van der Waals surface area contributed by atoms with E-state index >= 15 is 0 Å². The van der Waals surface area contributed by atoms with Gasteiger partial charge >= 0.3 is 0 Å². The zero-order valence-electron chi connectivity index (χ0n) is 14.4. The molecule has 27 heavy (non-hydrogen) atoms. The monoisotopic (exact) mass is 358 g/mol. The Morgan fingerprint density at radius 3 is 2.63 bits per heavy atom. The van der Waals surface area contributed by atoms with E-state index < -0.39 is 4.92 Å². The minimum Gasteiger partial charge on any atom is -0.438 e. The van der Waals surface area contributed by atoms with Crippen LogP contribution in [0, 0.1) is 17.0 Å². The third-order valence-corrected chi connectivity index (χ3v) is 4.07. The second-order valence-corrected chi connectivity index (χ2v) is 5.92. The molecule has 0 radical (unpaired) electrons. The van der Waals surface area contributed by atoms with E-state index in [1.54, 1.807) is 31.5 Å². The van der Waals surface area contributed by atoms with Crippen molar-refractivity contribution in [3.05, 3.63) is 82.7 Å². The molecule has 7 nitrogen and oxygen atoms in total. The lowest BCUT2D eigenvalue weighted by atomic mass is 10.2. The van der Waals surface area contributed by atoms with Crippen molar-refractivity contribution in [1.29, 1.82) is 0 Å². The molecule has 0 atom stereocenters. The quantitative estimate of drug-likeness (QED) is 0.388. The zero-order valence-corrected chi connectivity index (χ0v) is 14.4. The van der Waals surface area contributed by atoms with Crippen LogP contribution in [0.2, 0.25) is 0 Å². The van der Waals surface area contributed by atoms with Crippen molar-refractivity contribution < 1.29 is 9.66 Å². The highest BCUT2D eigenvalue weighted by atomic mass is 16.6. The summed E-state index contributed by atoms with van der Waals surface area (Å²) in [5, 5.41) is 11.8. The third-order valence-electron chi connectivity index (χ3n) is 4.07. The lowest BCUT2D eigenvalue weighted by Crippen LogP contribution is -1.97. The second kappa shape index (κ2) is 6.80. The molecular weight excluding hydrogens is 344 g/mol. The van der Waals surface area contributed by atoms with Crippen LogP contribution in [-0.4, -0.2) is 19.9 Å². The first-order chi connectivity index (χ1) is 13.1. The summed E-state index contributed by atoms with van der Waals surface area (Å²) in [6.45, 7) is 1.67. The Morgan fingerprint density at radius 2 is 1.89 bits per heavy atom.